The summed E-state index contributed by atoms with van der Waals surface area (Å²) in [6, 6.07) is 22.7. The van der Waals surface area contributed by atoms with Gasteiger partial charge in [0.25, 0.3) is 0 Å². The summed E-state index contributed by atoms with van der Waals surface area (Å²) in [4.78, 5) is 0. The van der Waals surface area contributed by atoms with E-state index in [1.807, 2.05) is 0 Å². The van der Waals surface area contributed by atoms with E-state index >= 15 is 0 Å². The van der Waals surface area contributed by atoms with Crippen molar-refractivity contribution in [1.29, 1.82) is 0 Å². The van der Waals surface area contributed by atoms with E-state index in [4.69, 9.17) is 0 Å². The zero-order chi connectivity index (χ0) is 19.7. The number of allylic oxidation sites excluding steroid dienone is 2. The molecule has 0 saturated heterocycles. The lowest BCUT2D eigenvalue weighted by Gasteiger charge is -2.10. The van der Waals surface area contributed by atoms with Crippen LogP contribution < -0.4 is 0 Å². The fourth-order valence-electron chi connectivity index (χ4n) is 4.06. The molecule has 1 heterocycles. The smallest absolute Gasteiger partial charge is 0.0543 e. The van der Waals surface area contributed by atoms with Crippen molar-refractivity contribution in [3.8, 4) is 5.69 Å². The highest BCUT2D eigenvalue weighted by atomic mass is 15.0. The molecule has 0 bridgehead atoms. The van der Waals surface area contributed by atoms with Gasteiger partial charge in [-0.1, -0.05) is 48.0 Å². The molecule has 3 aromatic carbocycles. The number of benzene rings is 3. The Morgan fingerprint density at radius 3 is 2.07 bits per heavy atom. The molecule has 0 N–H and O–H groups in total. The van der Waals surface area contributed by atoms with Crippen LogP contribution >= 0.6 is 0 Å². The van der Waals surface area contributed by atoms with E-state index in [0.29, 0.717) is 0 Å². The summed E-state index contributed by atoms with van der Waals surface area (Å²) in [5.74, 6) is 0. The minimum atomic E-state index is 1.12. The number of aryl methyl sites for hydroxylation is 3. The summed E-state index contributed by atoms with van der Waals surface area (Å²) in [6.07, 6.45) is 5.80. The number of aromatic nitrogens is 1. The van der Waals surface area contributed by atoms with Crippen LogP contribution in [0.1, 0.15) is 43.4 Å². The SMILES string of the molecule is CC(C)=CCCCc1cccc(-n2c3cc(C)ccc3c3ccc(C)cc32)c1. The summed E-state index contributed by atoms with van der Waals surface area (Å²) < 4.78 is 2.43. The standard InChI is InChI=1S/C27H29N/c1-19(2)8-5-6-9-22-10-7-11-23(18-22)28-26-16-20(3)12-14-24(26)25-15-13-21(4)17-27(25)28/h7-8,10-18H,5-6,9H2,1-4H3. The average Bonchev–Trinajstić information content (AvgIpc) is 2.97. The number of fused-ring (bicyclic) bond motifs is 3. The highest BCUT2D eigenvalue weighted by Crippen LogP contribution is 2.33. The van der Waals surface area contributed by atoms with Crippen molar-refractivity contribution in [2.75, 3.05) is 0 Å². The van der Waals surface area contributed by atoms with Crippen LogP contribution in [0.2, 0.25) is 0 Å². The Labute approximate surface area is 168 Å². The molecule has 0 saturated carbocycles. The molecule has 0 spiro atoms. The van der Waals surface area contributed by atoms with Gasteiger partial charge < -0.3 is 4.57 Å². The van der Waals surface area contributed by atoms with Crippen LogP contribution in [0.4, 0.5) is 0 Å². The van der Waals surface area contributed by atoms with Crippen LogP contribution in [0, 0.1) is 13.8 Å². The molecule has 142 valence electrons. The predicted molar refractivity (Wildman–Crippen MR) is 123 cm³/mol. The molecule has 28 heavy (non-hydrogen) atoms. The Hall–Kier alpha value is -2.80. The molecule has 0 aliphatic carbocycles. The Morgan fingerprint density at radius 1 is 0.821 bits per heavy atom. The first-order valence-electron chi connectivity index (χ1n) is 10.3. The lowest BCUT2D eigenvalue weighted by atomic mass is 10.1. The number of unbranched alkanes of at least 4 members (excludes halogenated alkanes) is 1. The van der Waals surface area contributed by atoms with Crippen LogP contribution in [-0.4, -0.2) is 4.57 Å². The number of hydrogen-bond donors (Lipinski definition) is 0. The Balaban J connectivity index is 1.81. The molecule has 0 radical (unpaired) electrons. The molecule has 0 fully saturated rings. The van der Waals surface area contributed by atoms with E-state index in [9.17, 15) is 0 Å². The first-order valence-corrected chi connectivity index (χ1v) is 10.3. The van der Waals surface area contributed by atoms with Gasteiger partial charge in [0, 0.05) is 16.5 Å². The third kappa shape index (κ3) is 3.62. The normalized spacial score (nSPS) is 11.3. The first-order chi connectivity index (χ1) is 13.5. The summed E-state index contributed by atoms with van der Waals surface area (Å²) in [5.41, 5.74) is 9.26. The molecule has 0 atom stereocenters. The zero-order valence-corrected chi connectivity index (χ0v) is 17.4. The Bertz CT molecular complexity index is 1110. The molecule has 4 aromatic rings. The van der Waals surface area contributed by atoms with Gasteiger partial charge in [0.05, 0.1) is 11.0 Å². The van der Waals surface area contributed by atoms with E-state index < -0.39 is 0 Å². The maximum absolute atomic E-state index is 2.43. The summed E-state index contributed by atoms with van der Waals surface area (Å²) in [7, 11) is 0. The predicted octanol–water partition coefficient (Wildman–Crippen LogP) is 7.69. The summed E-state index contributed by atoms with van der Waals surface area (Å²) in [5, 5.41) is 2.66. The second kappa shape index (κ2) is 7.67. The fraction of sp³-hybridized carbons (Fsp3) is 0.259. The lowest BCUT2D eigenvalue weighted by molar-refractivity contribution is 0.837. The lowest BCUT2D eigenvalue weighted by Crippen LogP contribution is -1.96. The molecule has 0 aliphatic heterocycles. The van der Waals surface area contributed by atoms with Gasteiger partial charge in [-0.2, -0.15) is 0 Å². The van der Waals surface area contributed by atoms with E-state index in [-0.39, 0.29) is 0 Å². The van der Waals surface area contributed by atoms with E-state index in [0.717, 1.165) is 12.8 Å². The largest absolute Gasteiger partial charge is 0.309 e. The minimum Gasteiger partial charge on any atom is -0.309 e. The molecule has 0 aliphatic rings. The van der Waals surface area contributed by atoms with Crippen LogP contribution in [0.5, 0.6) is 0 Å². The van der Waals surface area contributed by atoms with Gasteiger partial charge >= 0.3 is 0 Å². The number of rotatable bonds is 5. The molecular formula is C27H29N. The topological polar surface area (TPSA) is 4.93 Å². The molecule has 1 heteroatoms. The summed E-state index contributed by atoms with van der Waals surface area (Å²) >= 11 is 0. The molecule has 4 rings (SSSR count). The molecule has 0 amide bonds. The minimum absolute atomic E-state index is 1.12. The quantitative estimate of drug-likeness (QED) is 0.252. The van der Waals surface area contributed by atoms with Crippen molar-refractivity contribution in [3.63, 3.8) is 0 Å². The highest BCUT2D eigenvalue weighted by Gasteiger charge is 2.12. The van der Waals surface area contributed by atoms with Gasteiger partial charge in [-0.15, -0.1) is 0 Å². The van der Waals surface area contributed by atoms with Crippen LogP contribution in [0.25, 0.3) is 27.5 Å². The summed E-state index contributed by atoms with van der Waals surface area (Å²) in [6.45, 7) is 8.69. The molecule has 0 unspecified atom stereocenters. The van der Waals surface area contributed by atoms with Crippen molar-refractivity contribution in [3.05, 3.63) is 89.0 Å². The van der Waals surface area contributed by atoms with Crippen LogP contribution in [0.15, 0.2) is 72.3 Å². The Morgan fingerprint density at radius 2 is 1.46 bits per heavy atom. The average molecular weight is 368 g/mol. The number of hydrogen-bond acceptors (Lipinski definition) is 0. The van der Waals surface area contributed by atoms with Crippen molar-refractivity contribution < 1.29 is 0 Å². The molecule has 1 nitrogen and oxygen atoms in total. The van der Waals surface area contributed by atoms with Crippen molar-refractivity contribution in [2.24, 2.45) is 0 Å². The third-order valence-corrected chi connectivity index (χ3v) is 5.47. The van der Waals surface area contributed by atoms with Crippen molar-refractivity contribution in [1.82, 2.24) is 4.57 Å². The molecule has 1 aromatic heterocycles. The van der Waals surface area contributed by atoms with Crippen LogP contribution in [-0.2, 0) is 6.42 Å². The molecular weight excluding hydrogens is 338 g/mol. The van der Waals surface area contributed by atoms with Gasteiger partial charge in [-0.05, 0) is 87.9 Å². The second-order valence-corrected chi connectivity index (χ2v) is 8.22. The van der Waals surface area contributed by atoms with Crippen LogP contribution in [0.3, 0.4) is 0 Å². The van der Waals surface area contributed by atoms with Gasteiger partial charge in [0.15, 0.2) is 0 Å². The zero-order valence-electron chi connectivity index (χ0n) is 17.4. The third-order valence-electron chi connectivity index (χ3n) is 5.47. The maximum Gasteiger partial charge on any atom is 0.0543 e. The second-order valence-electron chi connectivity index (χ2n) is 8.22. The van der Waals surface area contributed by atoms with E-state index in [1.54, 1.807) is 0 Å². The first kappa shape index (κ1) is 18.6. The number of nitrogens with zero attached hydrogens (tertiary/aromatic N) is 1. The highest BCUT2D eigenvalue weighted by molar-refractivity contribution is 6.09. The Kier molecular flexibility index (Phi) is 5.09. The van der Waals surface area contributed by atoms with Gasteiger partial charge in [0.2, 0.25) is 0 Å². The van der Waals surface area contributed by atoms with Crippen molar-refractivity contribution in [2.45, 2.75) is 47.0 Å². The van der Waals surface area contributed by atoms with Gasteiger partial charge in [-0.25, -0.2) is 0 Å². The fourth-order valence-corrected chi connectivity index (χ4v) is 4.06. The van der Waals surface area contributed by atoms with E-state index in [1.165, 1.54) is 56.2 Å². The van der Waals surface area contributed by atoms with Gasteiger partial charge in [0.1, 0.15) is 0 Å². The van der Waals surface area contributed by atoms with E-state index in [2.05, 4.69) is 99.0 Å². The monoisotopic (exact) mass is 367 g/mol. The van der Waals surface area contributed by atoms with Gasteiger partial charge in [-0.3, -0.25) is 0 Å². The van der Waals surface area contributed by atoms with Crippen molar-refractivity contribution >= 4 is 21.8 Å². The maximum atomic E-state index is 2.43.